The van der Waals surface area contributed by atoms with E-state index in [1.807, 2.05) is 17.0 Å². The smallest absolute Gasteiger partial charge is 0.240 e. The van der Waals surface area contributed by atoms with Crippen LogP contribution in [0.1, 0.15) is 24.0 Å². The van der Waals surface area contributed by atoms with Gasteiger partial charge in [0.2, 0.25) is 12.0 Å². The molecule has 0 atom stereocenters. The molecule has 2 aliphatic heterocycles. The summed E-state index contributed by atoms with van der Waals surface area (Å²) < 4.78 is 0. The molecule has 0 N–H and O–H groups in total. The largest absolute Gasteiger partial charge is 0.312 e. The average molecular weight is 228 g/mol. The zero-order valence-electron chi connectivity index (χ0n) is 9.40. The van der Waals surface area contributed by atoms with Crippen molar-refractivity contribution in [2.45, 2.75) is 25.7 Å². The summed E-state index contributed by atoms with van der Waals surface area (Å²) >= 11 is 0. The third-order valence-electron chi connectivity index (χ3n) is 3.43. The summed E-state index contributed by atoms with van der Waals surface area (Å²) in [7, 11) is 0. The van der Waals surface area contributed by atoms with Crippen LogP contribution in [-0.4, -0.2) is 18.5 Å². The number of carbonyl (C=O) groups excluding carboxylic acids is 2. The quantitative estimate of drug-likeness (QED) is 0.544. The Kier molecular flexibility index (Phi) is 2.30. The van der Waals surface area contributed by atoms with Gasteiger partial charge in [-0.25, -0.2) is 4.79 Å². The molecule has 2 aliphatic rings. The number of anilines is 1. The highest BCUT2D eigenvalue weighted by Crippen LogP contribution is 2.38. The van der Waals surface area contributed by atoms with Crippen LogP contribution in [0.3, 0.4) is 0 Å². The summed E-state index contributed by atoms with van der Waals surface area (Å²) in [6, 6.07) is 3.79. The number of isocyanates is 1. The minimum atomic E-state index is 0.213. The summed E-state index contributed by atoms with van der Waals surface area (Å²) in [5.41, 5.74) is 3.99. The summed E-state index contributed by atoms with van der Waals surface area (Å²) in [4.78, 5) is 27.7. The van der Waals surface area contributed by atoms with Crippen molar-refractivity contribution in [2.24, 2.45) is 4.99 Å². The molecule has 1 amide bonds. The monoisotopic (exact) mass is 228 g/mol. The molecule has 4 nitrogen and oxygen atoms in total. The molecule has 0 fully saturated rings. The fourth-order valence-electron chi connectivity index (χ4n) is 2.75. The third kappa shape index (κ3) is 1.58. The number of nitrogens with zero attached hydrogens (tertiary/aromatic N) is 2. The molecule has 4 heteroatoms. The van der Waals surface area contributed by atoms with Gasteiger partial charge in [-0.15, -0.1) is 0 Å². The molecule has 0 unspecified atom stereocenters. The minimum absolute atomic E-state index is 0.213. The number of rotatable bonds is 1. The topological polar surface area (TPSA) is 49.7 Å². The molecule has 17 heavy (non-hydrogen) atoms. The van der Waals surface area contributed by atoms with Gasteiger partial charge in [-0.2, -0.15) is 4.99 Å². The van der Waals surface area contributed by atoms with E-state index in [-0.39, 0.29) is 5.91 Å². The van der Waals surface area contributed by atoms with Gasteiger partial charge in [0.1, 0.15) is 0 Å². The molecular weight excluding hydrogens is 216 g/mol. The fraction of sp³-hybridized carbons (Fsp3) is 0.385. The van der Waals surface area contributed by atoms with Gasteiger partial charge < -0.3 is 4.90 Å². The maximum Gasteiger partial charge on any atom is 0.240 e. The Morgan fingerprint density at radius 2 is 1.94 bits per heavy atom. The van der Waals surface area contributed by atoms with Crippen LogP contribution in [0.15, 0.2) is 17.1 Å². The second-order valence-electron chi connectivity index (χ2n) is 4.46. The van der Waals surface area contributed by atoms with Crippen molar-refractivity contribution in [1.82, 2.24) is 0 Å². The van der Waals surface area contributed by atoms with Crippen molar-refractivity contribution >= 4 is 23.4 Å². The van der Waals surface area contributed by atoms with Gasteiger partial charge in [-0.3, -0.25) is 4.79 Å². The normalized spacial score (nSPS) is 17.4. The summed E-state index contributed by atoms with van der Waals surface area (Å²) in [5, 5.41) is 0. The SMILES string of the molecule is O=C=Nc1cc2c3c(c1)CCC(=O)N3CCC2. The van der Waals surface area contributed by atoms with Gasteiger partial charge in [0.15, 0.2) is 0 Å². The molecule has 0 radical (unpaired) electrons. The van der Waals surface area contributed by atoms with Crippen LogP contribution in [0.5, 0.6) is 0 Å². The first kappa shape index (κ1) is 10.2. The Labute approximate surface area is 99.0 Å². The lowest BCUT2D eigenvalue weighted by Gasteiger charge is -2.35. The van der Waals surface area contributed by atoms with Crippen LogP contribution in [0, 0.1) is 0 Å². The predicted molar refractivity (Wildman–Crippen MR) is 63.2 cm³/mol. The summed E-state index contributed by atoms with van der Waals surface area (Å²) in [5.74, 6) is 0.213. The number of hydrogen-bond donors (Lipinski definition) is 0. The number of amides is 1. The van der Waals surface area contributed by atoms with E-state index in [1.165, 1.54) is 0 Å². The van der Waals surface area contributed by atoms with E-state index in [0.29, 0.717) is 12.1 Å². The van der Waals surface area contributed by atoms with Crippen molar-refractivity contribution in [1.29, 1.82) is 0 Å². The molecular formula is C13H12N2O2. The van der Waals surface area contributed by atoms with E-state index in [4.69, 9.17) is 0 Å². The lowest BCUT2D eigenvalue weighted by molar-refractivity contribution is -0.119. The van der Waals surface area contributed by atoms with E-state index >= 15 is 0 Å². The third-order valence-corrected chi connectivity index (χ3v) is 3.43. The van der Waals surface area contributed by atoms with Crippen molar-refractivity contribution in [3.05, 3.63) is 23.3 Å². The van der Waals surface area contributed by atoms with Crippen molar-refractivity contribution in [2.75, 3.05) is 11.4 Å². The lowest BCUT2D eigenvalue weighted by atomic mass is 9.91. The van der Waals surface area contributed by atoms with Crippen LogP contribution in [0.2, 0.25) is 0 Å². The van der Waals surface area contributed by atoms with Gasteiger partial charge in [0.05, 0.1) is 11.4 Å². The molecule has 1 aromatic rings. The van der Waals surface area contributed by atoms with E-state index < -0.39 is 0 Å². The first-order valence-electron chi connectivity index (χ1n) is 5.83. The fourth-order valence-corrected chi connectivity index (χ4v) is 2.75. The molecule has 86 valence electrons. The molecule has 0 saturated carbocycles. The highest BCUT2D eigenvalue weighted by molar-refractivity contribution is 5.98. The molecule has 0 saturated heterocycles. The van der Waals surface area contributed by atoms with Crippen molar-refractivity contribution < 1.29 is 9.59 Å². The number of aliphatic imine (C=N–C) groups is 1. The van der Waals surface area contributed by atoms with Crippen molar-refractivity contribution in [3.8, 4) is 0 Å². The van der Waals surface area contributed by atoms with E-state index in [9.17, 15) is 9.59 Å². The molecule has 0 spiro atoms. The standard InChI is InChI=1S/C13H12N2O2/c16-8-14-11-6-9-2-1-5-15-12(17)4-3-10(7-11)13(9)15/h6-7H,1-5H2. The first-order valence-corrected chi connectivity index (χ1v) is 5.83. The van der Waals surface area contributed by atoms with Gasteiger partial charge in [-0.05, 0) is 42.5 Å². The second kappa shape index (κ2) is 3.82. The second-order valence-corrected chi connectivity index (χ2v) is 4.46. The summed E-state index contributed by atoms with van der Waals surface area (Å²) in [6.45, 7) is 0.815. The maximum absolute atomic E-state index is 11.8. The van der Waals surface area contributed by atoms with Gasteiger partial charge >= 0.3 is 0 Å². The minimum Gasteiger partial charge on any atom is -0.312 e. The van der Waals surface area contributed by atoms with Crippen LogP contribution in [-0.2, 0) is 22.4 Å². The summed E-state index contributed by atoms with van der Waals surface area (Å²) in [6.07, 6.45) is 4.81. The molecule has 0 aliphatic carbocycles. The van der Waals surface area contributed by atoms with Crippen LogP contribution >= 0.6 is 0 Å². The Morgan fingerprint density at radius 3 is 2.71 bits per heavy atom. The highest BCUT2D eigenvalue weighted by Gasteiger charge is 2.29. The van der Waals surface area contributed by atoms with Crippen LogP contribution in [0.25, 0.3) is 0 Å². The first-order chi connectivity index (χ1) is 8.29. The van der Waals surface area contributed by atoms with E-state index in [0.717, 1.165) is 42.6 Å². The number of benzene rings is 1. The molecule has 3 rings (SSSR count). The zero-order valence-corrected chi connectivity index (χ0v) is 9.40. The van der Waals surface area contributed by atoms with E-state index in [1.54, 1.807) is 6.08 Å². The molecule has 1 aromatic carbocycles. The Hall–Kier alpha value is -1.93. The number of carbonyl (C=O) groups is 1. The van der Waals surface area contributed by atoms with Gasteiger partial charge in [0, 0.05) is 13.0 Å². The predicted octanol–water partition coefficient (Wildman–Crippen LogP) is 1.88. The Morgan fingerprint density at radius 1 is 1.18 bits per heavy atom. The Bertz CT molecular complexity index is 527. The van der Waals surface area contributed by atoms with Gasteiger partial charge in [0.25, 0.3) is 0 Å². The Balaban J connectivity index is 2.19. The number of hydrogen-bond acceptors (Lipinski definition) is 3. The molecule has 0 aromatic heterocycles. The molecule has 2 heterocycles. The van der Waals surface area contributed by atoms with E-state index in [2.05, 4.69) is 4.99 Å². The maximum atomic E-state index is 11.8. The highest BCUT2D eigenvalue weighted by atomic mass is 16.2. The number of aryl methyl sites for hydroxylation is 2. The average Bonchev–Trinajstić information content (AvgIpc) is 2.34. The van der Waals surface area contributed by atoms with Crippen molar-refractivity contribution in [3.63, 3.8) is 0 Å². The van der Waals surface area contributed by atoms with Crippen LogP contribution < -0.4 is 4.90 Å². The van der Waals surface area contributed by atoms with Crippen LogP contribution in [0.4, 0.5) is 11.4 Å². The zero-order chi connectivity index (χ0) is 11.8. The van der Waals surface area contributed by atoms with Gasteiger partial charge in [-0.1, -0.05) is 0 Å². The lowest BCUT2D eigenvalue weighted by Crippen LogP contribution is -2.39. The molecule has 0 bridgehead atoms.